The number of nitrogens with one attached hydrogen (secondary N) is 1. The van der Waals surface area contributed by atoms with Gasteiger partial charge in [-0.05, 0) is 64.3 Å². The number of amides is 2. The van der Waals surface area contributed by atoms with Crippen LogP contribution in [-0.4, -0.2) is 40.4 Å². The van der Waals surface area contributed by atoms with Gasteiger partial charge in [0.2, 0.25) is 5.91 Å². The van der Waals surface area contributed by atoms with Gasteiger partial charge in [0.25, 0.3) is 11.5 Å². The summed E-state index contributed by atoms with van der Waals surface area (Å²) in [5, 5.41) is 3.91. The molecule has 1 aliphatic carbocycles. The highest BCUT2D eigenvalue weighted by Crippen LogP contribution is 2.39. The Kier molecular flexibility index (Phi) is 6.43. The van der Waals surface area contributed by atoms with E-state index in [0.717, 1.165) is 40.1 Å². The zero-order chi connectivity index (χ0) is 24.0. The van der Waals surface area contributed by atoms with Gasteiger partial charge in [-0.15, -0.1) is 22.7 Å². The average Bonchev–Trinajstić information content (AvgIpc) is 3.20. The molecule has 33 heavy (non-hydrogen) atoms. The third kappa shape index (κ3) is 4.47. The summed E-state index contributed by atoms with van der Waals surface area (Å²) in [6.07, 6.45) is 2.65. The molecule has 8 nitrogen and oxygen atoms in total. The van der Waals surface area contributed by atoms with E-state index >= 15 is 0 Å². The zero-order valence-corrected chi connectivity index (χ0v) is 21.2. The van der Waals surface area contributed by atoms with Crippen molar-refractivity contribution in [3.63, 3.8) is 0 Å². The van der Waals surface area contributed by atoms with E-state index in [-0.39, 0.29) is 18.0 Å². The van der Waals surface area contributed by atoms with Crippen LogP contribution in [0.5, 0.6) is 0 Å². The van der Waals surface area contributed by atoms with Crippen LogP contribution in [-0.2, 0) is 30.7 Å². The Labute approximate surface area is 200 Å². The van der Waals surface area contributed by atoms with E-state index in [2.05, 4.69) is 12.2 Å². The number of rotatable bonds is 6. The lowest BCUT2D eigenvalue weighted by Crippen LogP contribution is -2.33. The number of nitrogens with zero attached hydrogens (tertiary/aromatic N) is 3. The molecule has 176 valence electrons. The highest BCUT2D eigenvalue weighted by Gasteiger charge is 2.27. The molecule has 3 aromatic rings. The number of nitrogens with two attached hydrogens (primary N) is 1. The van der Waals surface area contributed by atoms with Gasteiger partial charge in [0.15, 0.2) is 0 Å². The molecule has 3 aromatic heterocycles. The highest BCUT2D eigenvalue weighted by molar-refractivity contribution is 7.18. The Morgan fingerprint density at radius 3 is 2.67 bits per heavy atom. The van der Waals surface area contributed by atoms with Crippen molar-refractivity contribution in [1.82, 2.24) is 14.5 Å². The molecule has 0 radical (unpaired) electrons. The van der Waals surface area contributed by atoms with E-state index in [9.17, 15) is 14.4 Å². The van der Waals surface area contributed by atoms with E-state index < -0.39 is 5.91 Å². The lowest BCUT2D eigenvalue weighted by molar-refractivity contribution is -0.116. The van der Waals surface area contributed by atoms with Crippen LogP contribution in [0.15, 0.2) is 4.79 Å². The van der Waals surface area contributed by atoms with Crippen molar-refractivity contribution < 1.29 is 9.59 Å². The minimum Gasteiger partial charge on any atom is -0.365 e. The summed E-state index contributed by atoms with van der Waals surface area (Å²) in [7, 11) is 3.78. The molecule has 0 aliphatic heterocycles. The molecule has 0 bridgehead atoms. The second-order valence-electron chi connectivity index (χ2n) is 9.09. The van der Waals surface area contributed by atoms with Gasteiger partial charge in [-0.1, -0.05) is 6.92 Å². The Morgan fingerprint density at radius 1 is 1.27 bits per heavy atom. The molecule has 3 heterocycles. The smallest absolute Gasteiger partial charge is 0.263 e. The zero-order valence-electron chi connectivity index (χ0n) is 19.6. The maximum atomic E-state index is 13.4. The lowest BCUT2D eigenvalue weighted by Gasteiger charge is -2.18. The van der Waals surface area contributed by atoms with Gasteiger partial charge in [-0.25, -0.2) is 4.98 Å². The molecule has 1 unspecified atom stereocenters. The number of carbonyl (C=O) groups is 2. The Balaban J connectivity index is 1.70. The SMILES string of the molecule is Cc1sc2nc(CN(C)C)n(CC(=O)Nc3sc4c(c3C(N)=O)CCC(C)C4)c(=O)c2c1C. The maximum absolute atomic E-state index is 13.4. The van der Waals surface area contributed by atoms with Crippen molar-refractivity contribution in [1.29, 1.82) is 0 Å². The van der Waals surface area contributed by atoms with Crippen molar-refractivity contribution in [2.24, 2.45) is 11.7 Å². The van der Waals surface area contributed by atoms with Gasteiger partial charge in [-0.2, -0.15) is 0 Å². The number of anilines is 1. The molecular formula is C23H29N5O3S2. The van der Waals surface area contributed by atoms with Gasteiger partial charge < -0.3 is 16.0 Å². The van der Waals surface area contributed by atoms with Crippen LogP contribution in [0.1, 0.15) is 50.4 Å². The van der Waals surface area contributed by atoms with E-state index in [4.69, 9.17) is 10.7 Å². The van der Waals surface area contributed by atoms with Gasteiger partial charge in [-0.3, -0.25) is 19.0 Å². The van der Waals surface area contributed by atoms with Crippen LogP contribution in [0.4, 0.5) is 5.00 Å². The third-order valence-electron chi connectivity index (χ3n) is 6.14. The molecular weight excluding hydrogens is 458 g/mol. The monoisotopic (exact) mass is 487 g/mol. The largest absolute Gasteiger partial charge is 0.365 e. The van der Waals surface area contributed by atoms with Crippen LogP contribution in [0, 0.1) is 19.8 Å². The number of aryl methyl sites for hydroxylation is 2. The summed E-state index contributed by atoms with van der Waals surface area (Å²) >= 11 is 2.91. The number of hydrogen-bond donors (Lipinski definition) is 2. The molecule has 1 atom stereocenters. The van der Waals surface area contributed by atoms with Crippen LogP contribution in [0.25, 0.3) is 10.2 Å². The number of hydrogen-bond acceptors (Lipinski definition) is 7. The molecule has 0 aromatic carbocycles. The standard InChI is InChI=1S/C23H29N5O3S2/c1-11-6-7-14-15(8-11)33-22(19(14)20(24)30)26-17(29)10-28-16(9-27(4)5)25-21-18(23(28)31)12(2)13(3)32-21/h11H,6-10H2,1-5H3,(H2,24,30)(H,26,29). The molecule has 3 N–H and O–H groups in total. The van der Waals surface area contributed by atoms with E-state index in [1.807, 2.05) is 32.8 Å². The van der Waals surface area contributed by atoms with Gasteiger partial charge in [0.1, 0.15) is 22.2 Å². The third-order valence-corrected chi connectivity index (χ3v) is 8.41. The Morgan fingerprint density at radius 2 is 2.00 bits per heavy atom. The van der Waals surface area contributed by atoms with E-state index in [0.29, 0.717) is 39.1 Å². The van der Waals surface area contributed by atoms with Crippen LogP contribution in [0.3, 0.4) is 0 Å². The predicted octanol–water partition coefficient (Wildman–Crippen LogP) is 3.06. The molecule has 0 saturated carbocycles. The molecule has 2 amide bonds. The van der Waals surface area contributed by atoms with Crippen molar-refractivity contribution >= 4 is 49.7 Å². The van der Waals surface area contributed by atoms with Crippen molar-refractivity contribution in [3.05, 3.63) is 42.6 Å². The first-order valence-corrected chi connectivity index (χ1v) is 12.6. The number of fused-ring (bicyclic) bond motifs is 2. The van der Waals surface area contributed by atoms with E-state index in [1.54, 1.807) is 0 Å². The van der Waals surface area contributed by atoms with Crippen molar-refractivity contribution in [2.75, 3.05) is 19.4 Å². The molecule has 10 heteroatoms. The first-order chi connectivity index (χ1) is 15.6. The fraction of sp³-hybridized carbons (Fsp3) is 0.478. The maximum Gasteiger partial charge on any atom is 0.263 e. The second kappa shape index (κ2) is 9.00. The van der Waals surface area contributed by atoms with Gasteiger partial charge in [0, 0.05) is 9.75 Å². The number of thiophene rings is 2. The predicted molar refractivity (Wildman–Crippen MR) is 133 cm³/mol. The number of carbonyl (C=O) groups excluding carboxylic acids is 2. The normalized spacial score (nSPS) is 15.8. The van der Waals surface area contributed by atoms with Crippen molar-refractivity contribution in [3.8, 4) is 0 Å². The quantitative estimate of drug-likeness (QED) is 0.555. The van der Waals surface area contributed by atoms with E-state index in [1.165, 1.54) is 27.2 Å². The Hall–Kier alpha value is -2.56. The minimum absolute atomic E-state index is 0.184. The highest BCUT2D eigenvalue weighted by atomic mass is 32.1. The first-order valence-electron chi connectivity index (χ1n) is 10.9. The molecule has 4 rings (SSSR count). The summed E-state index contributed by atoms with van der Waals surface area (Å²) < 4.78 is 1.44. The number of aromatic nitrogens is 2. The fourth-order valence-electron chi connectivity index (χ4n) is 4.35. The van der Waals surface area contributed by atoms with Crippen molar-refractivity contribution in [2.45, 2.75) is 53.1 Å². The minimum atomic E-state index is -0.532. The Bertz CT molecular complexity index is 1320. The topological polar surface area (TPSA) is 110 Å². The molecule has 1 aliphatic rings. The summed E-state index contributed by atoms with van der Waals surface area (Å²) in [5.74, 6) is 0.151. The van der Waals surface area contributed by atoms with Crippen LogP contribution < -0.4 is 16.6 Å². The average molecular weight is 488 g/mol. The summed E-state index contributed by atoms with van der Waals surface area (Å²) in [5.41, 5.74) is 7.72. The fourth-order valence-corrected chi connectivity index (χ4v) is 6.82. The van der Waals surface area contributed by atoms with Crippen LogP contribution >= 0.6 is 22.7 Å². The summed E-state index contributed by atoms with van der Waals surface area (Å²) in [6.45, 7) is 6.29. The number of primary amides is 1. The van der Waals surface area contributed by atoms with Gasteiger partial charge >= 0.3 is 0 Å². The second-order valence-corrected chi connectivity index (χ2v) is 11.4. The van der Waals surface area contributed by atoms with Crippen LogP contribution in [0.2, 0.25) is 0 Å². The summed E-state index contributed by atoms with van der Waals surface area (Å²) in [4.78, 5) is 48.1. The van der Waals surface area contributed by atoms with Gasteiger partial charge in [0.05, 0.1) is 17.5 Å². The first kappa shape index (κ1) is 23.6. The molecule has 0 fully saturated rings. The lowest BCUT2D eigenvalue weighted by atomic mass is 9.88. The molecule has 0 saturated heterocycles. The molecule has 0 spiro atoms. The summed E-state index contributed by atoms with van der Waals surface area (Å²) in [6, 6.07) is 0.